The largest absolute Gasteiger partial charge is 0.478 e. The first kappa shape index (κ1) is 11.3. The molecule has 92 valence electrons. The molecule has 0 saturated carbocycles. The molecule has 3 aromatic rings. The molecule has 0 saturated heterocycles. The third-order valence-corrected chi connectivity index (χ3v) is 3.01. The number of benzene rings is 1. The third kappa shape index (κ3) is 1.93. The van der Waals surface area contributed by atoms with Crippen molar-refractivity contribution in [2.45, 2.75) is 0 Å². The summed E-state index contributed by atoms with van der Waals surface area (Å²) in [6.07, 6.45) is 6.47. The summed E-state index contributed by atoms with van der Waals surface area (Å²) in [5.74, 6) is -0.967. The number of hydrogen-bond acceptors (Lipinski definition) is 3. The van der Waals surface area contributed by atoms with E-state index in [1.807, 2.05) is 24.3 Å². The monoisotopic (exact) mass is 250 g/mol. The van der Waals surface area contributed by atoms with Gasteiger partial charge >= 0.3 is 5.97 Å². The van der Waals surface area contributed by atoms with Crippen molar-refractivity contribution in [2.24, 2.45) is 0 Å². The molecule has 0 fully saturated rings. The lowest BCUT2D eigenvalue weighted by Crippen LogP contribution is -2.00. The summed E-state index contributed by atoms with van der Waals surface area (Å²) < 4.78 is 0. The number of rotatable bonds is 2. The van der Waals surface area contributed by atoms with Gasteiger partial charge in [0.05, 0.1) is 5.56 Å². The van der Waals surface area contributed by atoms with Crippen molar-refractivity contribution < 1.29 is 9.90 Å². The van der Waals surface area contributed by atoms with Crippen LogP contribution >= 0.6 is 0 Å². The Hall–Kier alpha value is -2.75. The number of nitrogens with zero attached hydrogens (tertiary/aromatic N) is 2. The van der Waals surface area contributed by atoms with Gasteiger partial charge in [-0.15, -0.1) is 0 Å². The summed E-state index contributed by atoms with van der Waals surface area (Å²) in [6.45, 7) is 0. The molecule has 2 aromatic heterocycles. The average Bonchev–Trinajstić information content (AvgIpc) is 2.46. The minimum absolute atomic E-state index is 0.230. The van der Waals surface area contributed by atoms with Gasteiger partial charge in [0.1, 0.15) is 0 Å². The fourth-order valence-electron chi connectivity index (χ4n) is 2.13. The SMILES string of the molecule is O=C(O)c1ccncc1-c1cncc2ccccc12. The molecular weight excluding hydrogens is 240 g/mol. The van der Waals surface area contributed by atoms with E-state index in [4.69, 9.17) is 0 Å². The van der Waals surface area contributed by atoms with E-state index in [2.05, 4.69) is 9.97 Å². The quantitative estimate of drug-likeness (QED) is 0.759. The zero-order valence-corrected chi connectivity index (χ0v) is 9.95. The van der Waals surface area contributed by atoms with Gasteiger partial charge in [0.2, 0.25) is 0 Å². The van der Waals surface area contributed by atoms with Crippen LogP contribution in [0.3, 0.4) is 0 Å². The Morgan fingerprint density at radius 3 is 2.58 bits per heavy atom. The molecule has 4 heteroatoms. The van der Waals surface area contributed by atoms with Gasteiger partial charge in [-0.25, -0.2) is 4.79 Å². The Morgan fingerprint density at radius 2 is 1.74 bits per heavy atom. The highest BCUT2D eigenvalue weighted by molar-refractivity contribution is 6.02. The molecular formula is C15H10N2O2. The number of aromatic carboxylic acids is 1. The zero-order chi connectivity index (χ0) is 13.2. The van der Waals surface area contributed by atoms with Gasteiger partial charge in [0, 0.05) is 41.3 Å². The van der Waals surface area contributed by atoms with Crippen LogP contribution in [-0.2, 0) is 0 Å². The Kier molecular flexibility index (Phi) is 2.68. The molecule has 1 N–H and O–H groups in total. The first-order valence-electron chi connectivity index (χ1n) is 5.78. The lowest BCUT2D eigenvalue weighted by molar-refractivity contribution is 0.0697. The fourth-order valence-corrected chi connectivity index (χ4v) is 2.13. The van der Waals surface area contributed by atoms with Crippen molar-refractivity contribution >= 4 is 16.7 Å². The van der Waals surface area contributed by atoms with Gasteiger partial charge in [0.25, 0.3) is 0 Å². The van der Waals surface area contributed by atoms with Crippen LogP contribution in [0.1, 0.15) is 10.4 Å². The summed E-state index contributed by atoms with van der Waals surface area (Å²) in [7, 11) is 0. The van der Waals surface area contributed by atoms with Gasteiger partial charge in [-0.2, -0.15) is 0 Å². The van der Waals surface area contributed by atoms with Crippen molar-refractivity contribution in [3.8, 4) is 11.1 Å². The molecule has 2 heterocycles. The van der Waals surface area contributed by atoms with Gasteiger partial charge in [-0.1, -0.05) is 24.3 Å². The smallest absolute Gasteiger partial charge is 0.336 e. The highest BCUT2D eigenvalue weighted by atomic mass is 16.4. The molecule has 0 atom stereocenters. The van der Waals surface area contributed by atoms with Crippen LogP contribution in [0.4, 0.5) is 0 Å². The van der Waals surface area contributed by atoms with Crippen LogP contribution < -0.4 is 0 Å². The molecule has 0 aliphatic heterocycles. The standard InChI is InChI=1S/C15H10N2O2/c18-15(19)12-5-6-16-8-14(12)13-9-17-7-10-3-1-2-4-11(10)13/h1-9H,(H,18,19). The third-order valence-electron chi connectivity index (χ3n) is 3.01. The molecule has 0 aliphatic rings. The van der Waals surface area contributed by atoms with Crippen molar-refractivity contribution in [1.82, 2.24) is 9.97 Å². The number of pyridine rings is 2. The van der Waals surface area contributed by atoms with E-state index in [9.17, 15) is 9.90 Å². The van der Waals surface area contributed by atoms with E-state index in [0.29, 0.717) is 5.56 Å². The molecule has 0 bridgehead atoms. The van der Waals surface area contributed by atoms with Crippen LogP contribution in [0.2, 0.25) is 0 Å². The van der Waals surface area contributed by atoms with Crippen LogP contribution in [0, 0.1) is 0 Å². The summed E-state index contributed by atoms with van der Waals surface area (Å²) >= 11 is 0. The van der Waals surface area contributed by atoms with Gasteiger partial charge in [0.15, 0.2) is 0 Å². The highest BCUT2D eigenvalue weighted by Gasteiger charge is 2.13. The topological polar surface area (TPSA) is 63.1 Å². The molecule has 0 unspecified atom stereocenters. The van der Waals surface area contributed by atoms with E-state index < -0.39 is 5.97 Å². The number of carbonyl (C=O) groups is 1. The average molecular weight is 250 g/mol. The second-order valence-corrected chi connectivity index (χ2v) is 4.13. The second-order valence-electron chi connectivity index (χ2n) is 4.13. The maximum absolute atomic E-state index is 11.3. The molecule has 4 nitrogen and oxygen atoms in total. The predicted octanol–water partition coefficient (Wildman–Crippen LogP) is 3.00. The lowest BCUT2D eigenvalue weighted by atomic mass is 9.98. The van der Waals surface area contributed by atoms with E-state index in [0.717, 1.165) is 16.3 Å². The Balaban J connectivity index is 2.34. The molecule has 3 rings (SSSR count). The molecule has 0 spiro atoms. The van der Waals surface area contributed by atoms with Gasteiger partial charge in [-0.05, 0) is 11.5 Å². The first-order chi connectivity index (χ1) is 9.27. The number of carboxylic acids is 1. The van der Waals surface area contributed by atoms with Crippen molar-refractivity contribution in [1.29, 1.82) is 0 Å². The molecule has 19 heavy (non-hydrogen) atoms. The van der Waals surface area contributed by atoms with Crippen molar-refractivity contribution in [2.75, 3.05) is 0 Å². The van der Waals surface area contributed by atoms with Gasteiger partial charge < -0.3 is 5.11 Å². The normalized spacial score (nSPS) is 10.5. The van der Waals surface area contributed by atoms with Crippen LogP contribution in [0.5, 0.6) is 0 Å². The maximum atomic E-state index is 11.3. The summed E-state index contributed by atoms with van der Waals surface area (Å²) in [6, 6.07) is 9.24. The van der Waals surface area contributed by atoms with Crippen molar-refractivity contribution in [3.63, 3.8) is 0 Å². The number of hydrogen-bond donors (Lipinski definition) is 1. The van der Waals surface area contributed by atoms with E-state index in [1.165, 1.54) is 12.3 Å². The Bertz CT molecular complexity index is 763. The Labute approximate surface area is 109 Å². The highest BCUT2D eigenvalue weighted by Crippen LogP contribution is 2.29. The summed E-state index contributed by atoms with van der Waals surface area (Å²) in [5.41, 5.74) is 1.59. The van der Waals surface area contributed by atoms with Gasteiger partial charge in [-0.3, -0.25) is 9.97 Å². The molecule has 0 aliphatic carbocycles. The predicted molar refractivity (Wildman–Crippen MR) is 71.9 cm³/mol. The minimum Gasteiger partial charge on any atom is -0.478 e. The second kappa shape index (κ2) is 4.49. The Morgan fingerprint density at radius 1 is 0.947 bits per heavy atom. The lowest BCUT2D eigenvalue weighted by Gasteiger charge is -2.08. The number of aromatic nitrogens is 2. The molecule has 0 radical (unpaired) electrons. The fraction of sp³-hybridized carbons (Fsp3) is 0. The molecule has 0 amide bonds. The molecule has 1 aromatic carbocycles. The maximum Gasteiger partial charge on any atom is 0.336 e. The van der Waals surface area contributed by atoms with Crippen LogP contribution in [0.25, 0.3) is 21.9 Å². The van der Waals surface area contributed by atoms with E-state index in [-0.39, 0.29) is 5.56 Å². The summed E-state index contributed by atoms with van der Waals surface area (Å²) in [4.78, 5) is 19.5. The zero-order valence-electron chi connectivity index (χ0n) is 9.95. The first-order valence-corrected chi connectivity index (χ1v) is 5.78. The minimum atomic E-state index is -0.967. The van der Waals surface area contributed by atoms with E-state index in [1.54, 1.807) is 18.6 Å². The van der Waals surface area contributed by atoms with Crippen molar-refractivity contribution in [3.05, 3.63) is 60.7 Å². The van der Waals surface area contributed by atoms with Crippen LogP contribution in [0.15, 0.2) is 55.1 Å². The number of fused-ring (bicyclic) bond motifs is 1. The van der Waals surface area contributed by atoms with Crippen LogP contribution in [-0.4, -0.2) is 21.0 Å². The summed E-state index contributed by atoms with van der Waals surface area (Å²) in [5, 5.41) is 11.2. The van der Waals surface area contributed by atoms with E-state index >= 15 is 0 Å². The number of carboxylic acid groups (broad SMARTS) is 1.